The van der Waals surface area contributed by atoms with Crippen molar-refractivity contribution < 1.29 is 14.3 Å². The molecule has 0 aliphatic carbocycles. The van der Waals surface area contributed by atoms with Gasteiger partial charge in [0, 0.05) is 30.6 Å². The molecule has 3 aromatic carbocycles. The molecule has 0 unspecified atom stereocenters. The normalized spacial score (nSPS) is 10.6. The quantitative estimate of drug-likeness (QED) is 0.463. The van der Waals surface area contributed by atoms with Crippen molar-refractivity contribution >= 4 is 22.6 Å². The zero-order valence-corrected chi connectivity index (χ0v) is 19.0. The van der Waals surface area contributed by atoms with Crippen molar-refractivity contribution in [2.24, 2.45) is 0 Å². The van der Waals surface area contributed by atoms with Gasteiger partial charge in [0.05, 0.1) is 24.9 Å². The number of amides is 2. The van der Waals surface area contributed by atoms with Gasteiger partial charge in [-0.25, -0.2) is 0 Å². The van der Waals surface area contributed by atoms with E-state index in [4.69, 9.17) is 4.74 Å². The topological polar surface area (TPSA) is 80.6 Å². The number of methoxy groups -OCH3 is 1. The van der Waals surface area contributed by atoms with Gasteiger partial charge >= 0.3 is 0 Å². The van der Waals surface area contributed by atoms with Crippen LogP contribution in [-0.4, -0.2) is 42.0 Å². The molecule has 1 aromatic heterocycles. The molecule has 0 aliphatic rings. The average Bonchev–Trinajstić information content (AvgIpc) is 2.88. The first-order chi connectivity index (χ1) is 16.5. The van der Waals surface area contributed by atoms with Crippen molar-refractivity contribution in [3.05, 3.63) is 107 Å². The van der Waals surface area contributed by atoms with Gasteiger partial charge < -0.3 is 15.0 Å². The summed E-state index contributed by atoms with van der Waals surface area (Å²) in [5.74, 6) is -0.162. The first-order valence-corrected chi connectivity index (χ1v) is 10.8. The maximum absolute atomic E-state index is 13.2. The van der Waals surface area contributed by atoms with Crippen molar-refractivity contribution in [3.8, 4) is 11.4 Å². The van der Waals surface area contributed by atoms with Gasteiger partial charge in [-0.2, -0.15) is 0 Å². The molecule has 0 spiro atoms. The molecule has 1 N–H and O–H groups in total. The highest BCUT2D eigenvalue weighted by atomic mass is 16.5. The second-order valence-corrected chi connectivity index (χ2v) is 7.85. The van der Waals surface area contributed by atoms with Gasteiger partial charge in [-0.05, 0) is 23.8 Å². The summed E-state index contributed by atoms with van der Waals surface area (Å²) in [6, 6.07) is 23.6. The van der Waals surface area contributed by atoms with Gasteiger partial charge in [0.1, 0.15) is 5.75 Å². The molecule has 1 heterocycles. The Kier molecular flexibility index (Phi) is 6.73. The van der Waals surface area contributed by atoms with Gasteiger partial charge in [-0.15, -0.1) is 0 Å². The van der Waals surface area contributed by atoms with Crippen molar-refractivity contribution in [1.29, 1.82) is 0 Å². The van der Waals surface area contributed by atoms with Crippen molar-refractivity contribution in [1.82, 2.24) is 14.8 Å². The molecular weight excluding hydrogens is 430 g/mol. The Bertz CT molecular complexity index is 1400. The molecule has 0 aliphatic heterocycles. The average molecular weight is 456 g/mol. The predicted molar refractivity (Wildman–Crippen MR) is 131 cm³/mol. The van der Waals surface area contributed by atoms with Crippen LogP contribution in [0.4, 0.5) is 0 Å². The van der Waals surface area contributed by atoms with Crippen molar-refractivity contribution in [3.63, 3.8) is 0 Å². The number of pyridine rings is 1. The molecule has 0 fully saturated rings. The van der Waals surface area contributed by atoms with Gasteiger partial charge in [-0.3, -0.25) is 19.0 Å². The highest BCUT2D eigenvalue weighted by Gasteiger charge is 2.18. The number of hydrogen-bond acceptors (Lipinski definition) is 4. The minimum absolute atomic E-state index is 0.162. The molecule has 4 rings (SSSR count). The number of fused-ring (bicyclic) bond motifs is 1. The molecule has 0 atom stereocenters. The number of likely N-dealkylation sites (N-methyl/N-ethyl adjacent to an activating group) is 1. The maximum atomic E-state index is 13.2. The zero-order chi connectivity index (χ0) is 24.1. The van der Waals surface area contributed by atoms with Crippen LogP contribution in [0.2, 0.25) is 0 Å². The fourth-order valence-electron chi connectivity index (χ4n) is 3.81. The van der Waals surface area contributed by atoms with Crippen LogP contribution < -0.4 is 15.6 Å². The van der Waals surface area contributed by atoms with Crippen LogP contribution in [0.15, 0.2) is 89.9 Å². The number of nitrogens with one attached hydrogen (secondary N) is 1. The van der Waals surface area contributed by atoms with Crippen molar-refractivity contribution in [2.75, 3.05) is 20.7 Å². The summed E-state index contributed by atoms with van der Waals surface area (Å²) in [4.78, 5) is 40.6. The molecule has 34 heavy (non-hydrogen) atoms. The van der Waals surface area contributed by atoms with E-state index in [9.17, 15) is 14.4 Å². The lowest BCUT2D eigenvalue weighted by Crippen LogP contribution is -2.38. The Balaban J connectivity index is 1.62. The van der Waals surface area contributed by atoms with Gasteiger partial charge in [0.15, 0.2) is 0 Å². The van der Waals surface area contributed by atoms with E-state index < -0.39 is 5.91 Å². The van der Waals surface area contributed by atoms with E-state index in [1.165, 1.54) is 17.9 Å². The molecule has 7 heteroatoms. The second-order valence-electron chi connectivity index (χ2n) is 7.85. The lowest BCUT2D eigenvalue weighted by molar-refractivity contribution is -0.129. The van der Waals surface area contributed by atoms with Crippen LogP contribution in [0, 0.1) is 0 Å². The molecule has 0 saturated heterocycles. The highest BCUT2D eigenvalue weighted by Crippen LogP contribution is 2.23. The number of para-hydroxylation sites is 2. The number of aromatic nitrogens is 1. The van der Waals surface area contributed by atoms with Crippen LogP contribution in [0.3, 0.4) is 0 Å². The number of carbonyl (C=O) groups excluding carboxylic acids is 2. The molecule has 7 nitrogen and oxygen atoms in total. The number of hydrogen-bond donors (Lipinski definition) is 1. The van der Waals surface area contributed by atoms with E-state index in [2.05, 4.69) is 5.32 Å². The Morgan fingerprint density at radius 1 is 0.912 bits per heavy atom. The number of rotatable bonds is 7. The first kappa shape index (κ1) is 22.8. The Morgan fingerprint density at radius 3 is 2.29 bits per heavy atom. The summed E-state index contributed by atoms with van der Waals surface area (Å²) < 4.78 is 6.81. The van der Waals surface area contributed by atoms with E-state index >= 15 is 0 Å². The Morgan fingerprint density at radius 2 is 1.56 bits per heavy atom. The minimum atomic E-state index is -0.443. The molecule has 4 aromatic rings. The van der Waals surface area contributed by atoms with E-state index in [0.29, 0.717) is 34.3 Å². The van der Waals surface area contributed by atoms with E-state index in [1.54, 1.807) is 60.5 Å². The number of carbonyl (C=O) groups is 2. The Hall–Kier alpha value is -4.39. The standard InChI is InChI=1S/C27H25N3O4/c1-29(17-19-10-4-3-5-11-19)25(31)16-28-26(32)22-18-30(23-14-8-9-15-24(23)34-2)27(33)21-13-7-6-12-20(21)22/h3-15,18H,16-17H2,1-2H3,(H,28,32). The van der Waals surface area contributed by atoms with Gasteiger partial charge in [0.25, 0.3) is 11.5 Å². The van der Waals surface area contributed by atoms with Crippen LogP contribution in [0.5, 0.6) is 5.75 Å². The molecule has 0 bridgehead atoms. The fourth-order valence-corrected chi connectivity index (χ4v) is 3.81. The van der Waals surface area contributed by atoms with E-state index in [-0.39, 0.29) is 18.0 Å². The first-order valence-electron chi connectivity index (χ1n) is 10.8. The monoisotopic (exact) mass is 455 g/mol. The number of ether oxygens (including phenoxy) is 1. The summed E-state index contributed by atoms with van der Waals surface area (Å²) >= 11 is 0. The van der Waals surface area contributed by atoms with Crippen LogP contribution in [0.25, 0.3) is 16.5 Å². The third kappa shape index (κ3) is 4.68. The van der Waals surface area contributed by atoms with Crippen LogP contribution in [0.1, 0.15) is 15.9 Å². The summed E-state index contributed by atoms with van der Waals surface area (Å²) in [6.07, 6.45) is 1.50. The lowest BCUT2D eigenvalue weighted by Gasteiger charge is -2.18. The fraction of sp³-hybridized carbons (Fsp3) is 0.148. The zero-order valence-electron chi connectivity index (χ0n) is 19.0. The lowest BCUT2D eigenvalue weighted by atomic mass is 10.1. The maximum Gasteiger partial charge on any atom is 0.263 e. The second kappa shape index (κ2) is 10.0. The molecule has 0 saturated carbocycles. The van der Waals surface area contributed by atoms with Crippen LogP contribution in [-0.2, 0) is 11.3 Å². The third-order valence-electron chi connectivity index (χ3n) is 5.60. The summed E-state index contributed by atoms with van der Waals surface area (Å²) in [5, 5.41) is 3.62. The smallest absolute Gasteiger partial charge is 0.263 e. The predicted octanol–water partition coefficient (Wildman–Crippen LogP) is 3.39. The molecular formula is C27H25N3O4. The van der Waals surface area contributed by atoms with Gasteiger partial charge in [-0.1, -0.05) is 60.7 Å². The third-order valence-corrected chi connectivity index (χ3v) is 5.60. The van der Waals surface area contributed by atoms with Crippen LogP contribution >= 0.6 is 0 Å². The minimum Gasteiger partial charge on any atom is -0.495 e. The molecule has 172 valence electrons. The highest BCUT2D eigenvalue weighted by molar-refractivity contribution is 6.07. The van der Waals surface area contributed by atoms with Gasteiger partial charge in [0.2, 0.25) is 5.91 Å². The summed E-state index contributed by atoms with van der Waals surface area (Å²) in [7, 11) is 3.22. The molecule has 0 radical (unpaired) electrons. The summed E-state index contributed by atoms with van der Waals surface area (Å²) in [5.41, 5.74) is 1.54. The number of nitrogens with zero attached hydrogens (tertiary/aromatic N) is 2. The van der Waals surface area contributed by atoms with Crippen molar-refractivity contribution in [2.45, 2.75) is 6.54 Å². The molecule has 2 amide bonds. The van der Waals surface area contributed by atoms with E-state index in [1.807, 2.05) is 30.3 Å². The largest absolute Gasteiger partial charge is 0.495 e. The Labute approximate surface area is 197 Å². The van der Waals surface area contributed by atoms with E-state index in [0.717, 1.165) is 5.56 Å². The SMILES string of the molecule is COc1ccccc1-n1cc(C(=O)NCC(=O)N(C)Cc2ccccc2)c2ccccc2c1=O. The number of benzene rings is 3. The summed E-state index contributed by atoms with van der Waals surface area (Å²) in [6.45, 7) is 0.279.